The number of rotatable bonds is 11. The molecule has 0 unspecified atom stereocenters. The van der Waals surface area contributed by atoms with Gasteiger partial charge in [-0.3, -0.25) is 29.5 Å². The molecule has 10 rings (SSSR count). The SMILES string of the molecule is COc1ccc2ccccc2c1C(=O)NCc1ccc(-c2nn3c(c2C(N)=O)Nc2ccc(N4CCN(CC5CCN(c6ccc(N7CCC(=O)NC7=O)cc6)CC5)CC4)cc2CC3)cc1. The summed E-state index contributed by atoms with van der Waals surface area (Å²) in [5, 5.41) is 15.7. The van der Waals surface area contributed by atoms with E-state index in [0.717, 1.165) is 98.3 Å². The molecule has 5 N–H and O–H groups in total. The van der Waals surface area contributed by atoms with Crippen molar-refractivity contribution in [2.24, 2.45) is 11.7 Å². The maximum Gasteiger partial charge on any atom is 0.328 e. The van der Waals surface area contributed by atoms with Crippen molar-refractivity contribution in [1.29, 1.82) is 0 Å². The Labute approximate surface area is 383 Å². The molecule has 0 saturated carbocycles. The number of aryl methyl sites for hydroxylation is 2. The molecule has 1 aromatic heterocycles. The number of carbonyl (C=O) groups excluding carboxylic acids is 4. The molecule has 5 heterocycles. The second-order valence-corrected chi connectivity index (χ2v) is 17.6. The lowest BCUT2D eigenvalue weighted by Gasteiger charge is -2.40. The van der Waals surface area contributed by atoms with Crippen LogP contribution in [0.25, 0.3) is 22.0 Å². The molecule has 0 aliphatic carbocycles. The summed E-state index contributed by atoms with van der Waals surface area (Å²) in [5.41, 5.74) is 14.3. The van der Waals surface area contributed by atoms with Gasteiger partial charge in [0.25, 0.3) is 11.8 Å². The van der Waals surface area contributed by atoms with Gasteiger partial charge in [0.1, 0.15) is 22.8 Å². The summed E-state index contributed by atoms with van der Waals surface area (Å²) in [6.07, 6.45) is 3.34. The van der Waals surface area contributed by atoms with Crippen molar-refractivity contribution in [1.82, 2.24) is 25.3 Å². The number of piperidine rings is 1. The zero-order chi connectivity index (χ0) is 45.3. The van der Waals surface area contributed by atoms with Crippen molar-refractivity contribution < 1.29 is 23.9 Å². The van der Waals surface area contributed by atoms with Gasteiger partial charge in [0.2, 0.25) is 5.91 Å². The van der Waals surface area contributed by atoms with Crippen molar-refractivity contribution in [2.45, 2.75) is 38.8 Å². The predicted molar refractivity (Wildman–Crippen MR) is 257 cm³/mol. The first kappa shape index (κ1) is 42.6. The van der Waals surface area contributed by atoms with E-state index in [0.29, 0.717) is 60.4 Å². The Hall–Kier alpha value is -7.39. The lowest BCUT2D eigenvalue weighted by Crippen LogP contribution is -2.49. The molecule has 0 spiro atoms. The molecule has 0 radical (unpaired) electrons. The Kier molecular flexibility index (Phi) is 11.8. The molecular weight excluding hydrogens is 833 g/mol. The zero-order valence-corrected chi connectivity index (χ0v) is 37.1. The topological polar surface area (TPSA) is 170 Å². The number of ether oxygens (including phenoxy) is 1. The first-order valence-electron chi connectivity index (χ1n) is 22.9. The number of urea groups is 1. The van der Waals surface area contributed by atoms with E-state index in [9.17, 15) is 19.2 Å². The van der Waals surface area contributed by atoms with Crippen LogP contribution in [0.1, 0.15) is 51.1 Å². The molecule has 6 aromatic rings. The predicted octanol–water partition coefficient (Wildman–Crippen LogP) is 6.53. The van der Waals surface area contributed by atoms with Gasteiger partial charge in [-0.25, -0.2) is 9.48 Å². The summed E-state index contributed by atoms with van der Waals surface area (Å²) in [6.45, 7) is 8.37. The molecule has 66 heavy (non-hydrogen) atoms. The highest BCUT2D eigenvalue weighted by molar-refractivity contribution is 6.09. The summed E-state index contributed by atoms with van der Waals surface area (Å²) in [6, 6.07) is 33.5. The third-order valence-corrected chi connectivity index (χ3v) is 13.6. The van der Waals surface area contributed by atoms with Crippen LogP contribution in [0.3, 0.4) is 0 Å². The largest absolute Gasteiger partial charge is 0.496 e. The Morgan fingerprint density at radius 2 is 1.48 bits per heavy atom. The van der Waals surface area contributed by atoms with Crippen molar-refractivity contribution >= 4 is 63.1 Å². The van der Waals surface area contributed by atoms with E-state index >= 15 is 0 Å². The lowest BCUT2D eigenvalue weighted by molar-refractivity contribution is -0.120. The maximum atomic E-state index is 13.4. The molecule has 3 saturated heterocycles. The highest BCUT2D eigenvalue weighted by atomic mass is 16.5. The number of hydrogen-bond donors (Lipinski definition) is 4. The first-order valence-corrected chi connectivity index (χ1v) is 22.9. The first-order chi connectivity index (χ1) is 32.2. The van der Waals surface area contributed by atoms with Gasteiger partial charge < -0.3 is 30.9 Å². The van der Waals surface area contributed by atoms with Gasteiger partial charge in [-0.1, -0.05) is 54.6 Å². The molecule has 15 nitrogen and oxygen atoms in total. The molecule has 338 valence electrons. The van der Waals surface area contributed by atoms with E-state index in [1.807, 2.05) is 77.5 Å². The lowest BCUT2D eigenvalue weighted by atomic mass is 9.95. The zero-order valence-electron chi connectivity index (χ0n) is 37.1. The molecule has 4 aliphatic heterocycles. The molecule has 0 atom stereocenters. The van der Waals surface area contributed by atoms with E-state index < -0.39 is 5.91 Å². The number of nitrogens with two attached hydrogens (primary N) is 1. The number of anilines is 5. The second-order valence-electron chi connectivity index (χ2n) is 17.6. The van der Waals surface area contributed by atoms with Crippen LogP contribution in [-0.4, -0.2) is 97.9 Å². The van der Waals surface area contributed by atoms with Crippen molar-refractivity contribution in [2.75, 3.05) is 79.5 Å². The average molecular weight is 887 g/mol. The van der Waals surface area contributed by atoms with Crippen LogP contribution in [-0.2, 0) is 24.3 Å². The molecule has 5 aromatic carbocycles. The van der Waals surface area contributed by atoms with E-state index in [4.69, 9.17) is 15.6 Å². The summed E-state index contributed by atoms with van der Waals surface area (Å²) in [4.78, 5) is 59.5. The van der Waals surface area contributed by atoms with Crippen molar-refractivity contribution in [3.8, 4) is 17.0 Å². The number of benzene rings is 5. The van der Waals surface area contributed by atoms with Gasteiger partial charge in [-0.05, 0) is 95.6 Å². The number of imide groups is 1. The fourth-order valence-electron chi connectivity index (χ4n) is 9.93. The number of nitrogens with one attached hydrogen (secondary N) is 3. The minimum absolute atomic E-state index is 0.225. The number of piperazine rings is 1. The van der Waals surface area contributed by atoms with Crippen LogP contribution in [0.2, 0.25) is 0 Å². The quantitative estimate of drug-likeness (QED) is 0.112. The standard InChI is InChI=1S/C51H54N10O5/c1-66-43-17-10-35-4-2-3-5-41(35)45(43)50(64)53-31-33-6-8-36(9-7-33)47-46(48(52)63)49-54-42-16-15-40(30-37(42)20-25-61(49)56-47)59-28-26-57(27-29-59)32-34-18-22-58(23-19-34)38-11-13-39(14-12-38)60-24-21-44(62)55-51(60)65/h2-17,30,34,54H,18-29,31-32H2,1H3,(H2,52,63)(H,53,64)(H,55,62,65). The van der Waals surface area contributed by atoms with Gasteiger partial charge in [0, 0.05) is 100 Å². The molecular formula is C51H54N10O5. The fraction of sp³-hybridized carbons (Fsp3) is 0.314. The summed E-state index contributed by atoms with van der Waals surface area (Å²) >= 11 is 0. The summed E-state index contributed by atoms with van der Waals surface area (Å²) in [5.74, 6) is 0.754. The Bertz CT molecular complexity index is 2810. The normalized spacial score (nSPS) is 16.8. The van der Waals surface area contributed by atoms with Gasteiger partial charge in [-0.2, -0.15) is 5.10 Å². The third kappa shape index (κ3) is 8.61. The van der Waals surface area contributed by atoms with Gasteiger partial charge in [0.15, 0.2) is 0 Å². The van der Waals surface area contributed by atoms with Crippen LogP contribution in [0.15, 0.2) is 103 Å². The molecule has 15 heteroatoms. The number of aromatic nitrogens is 2. The number of carbonyl (C=O) groups is 4. The van der Waals surface area contributed by atoms with E-state index in [2.05, 4.69) is 61.0 Å². The van der Waals surface area contributed by atoms with Gasteiger partial charge in [-0.15, -0.1) is 0 Å². The molecule has 3 fully saturated rings. The number of nitrogens with zero attached hydrogens (tertiary/aromatic N) is 6. The minimum Gasteiger partial charge on any atom is -0.496 e. The van der Waals surface area contributed by atoms with E-state index in [-0.39, 0.29) is 17.8 Å². The molecule has 5 amide bonds. The Morgan fingerprint density at radius 3 is 2.23 bits per heavy atom. The van der Waals surface area contributed by atoms with Crippen LogP contribution in [0.4, 0.5) is 33.4 Å². The van der Waals surface area contributed by atoms with Gasteiger partial charge in [0.05, 0.1) is 12.7 Å². The Balaban J connectivity index is 0.727. The van der Waals surface area contributed by atoms with Crippen LogP contribution in [0.5, 0.6) is 5.75 Å². The van der Waals surface area contributed by atoms with Crippen LogP contribution >= 0.6 is 0 Å². The smallest absolute Gasteiger partial charge is 0.328 e. The molecule has 0 bridgehead atoms. The van der Waals surface area contributed by atoms with E-state index in [1.54, 1.807) is 12.0 Å². The monoisotopic (exact) mass is 886 g/mol. The van der Waals surface area contributed by atoms with Crippen molar-refractivity contribution in [3.05, 3.63) is 125 Å². The Morgan fingerprint density at radius 1 is 0.758 bits per heavy atom. The van der Waals surface area contributed by atoms with Crippen LogP contribution in [0, 0.1) is 5.92 Å². The summed E-state index contributed by atoms with van der Waals surface area (Å²) in [7, 11) is 1.56. The fourth-order valence-corrected chi connectivity index (χ4v) is 9.93. The minimum atomic E-state index is -0.556. The number of methoxy groups -OCH3 is 1. The number of primary amides is 1. The van der Waals surface area contributed by atoms with Crippen molar-refractivity contribution in [3.63, 3.8) is 0 Å². The number of fused-ring (bicyclic) bond motifs is 3. The molecule has 4 aliphatic rings. The van der Waals surface area contributed by atoms with Gasteiger partial charge >= 0.3 is 6.03 Å². The number of hydrogen-bond acceptors (Lipinski definition) is 10. The number of amides is 5. The highest BCUT2D eigenvalue weighted by Crippen LogP contribution is 2.37. The highest BCUT2D eigenvalue weighted by Gasteiger charge is 2.29. The third-order valence-electron chi connectivity index (χ3n) is 13.6. The summed E-state index contributed by atoms with van der Waals surface area (Å²) < 4.78 is 7.38. The van der Waals surface area contributed by atoms with Crippen LogP contribution < -0.4 is 41.1 Å². The average Bonchev–Trinajstić information content (AvgIpc) is 3.61. The maximum absolute atomic E-state index is 13.4. The second kappa shape index (κ2) is 18.2. The van der Waals surface area contributed by atoms with E-state index in [1.165, 1.54) is 16.9 Å².